The summed E-state index contributed by atoms with van der Waals surface area (Å²) in [6.07, 6.45) is 1.79. The first-order valence-electron chi connectivity index (χ1n) is 8.51. The molecule has 1 aliphatic rings. The average molecular weight is 332 g/mol. The summed E-state index contributed by atoms with van der Waals surface area (Å²) >= 11 is 0. The molecule has 0 radical (unpaired) electrons. The molecule has 1 aromatic carbocycles. The smallest absolute Gasteiger partial charge is 0.157 e. The number of aryl methyl sites for hydroxylation is 1. The maximum absolute atomic E-state index is 9.25. The van der Waals surface area contributed by atoms with Crippen LogP contribution in [0.1, 0.15) is 16.8 Å². The maximum atomic E-state index is 9.25. The van der Waals surface area contributed by atoms with Gasteiger partial charge in [0.15, 0.2) is 5.65 Å². The summed E-state index contributed by atoms with van der Waals surface area (Å²) in [7, 11) is 0. The van der Waals surface area contributed by atoms with Crippen LogP contribution in [-0.4, -0.2) is 45.7 Å². The quantitative estimate of drug-likeness (QED) is 0.736. The molecule has 6 heteroatoms. The summed E-state index contributed by atoms with van der Waals surface area (Å²) < 4.78 is 1.91. The zero-order valence-electron chi connectivity index (χ0n) is 14.3. The Balaban J connectivity index is 1.48. The minimum absolute atomic E-state index is 0.771. The Kier molecular flexibility index (Phi) is 4.08. The Morgan fingerprint density at radius 3 is 2.72 bits per heavy atom. The summed E-state index contributed by atoms with van der Waals surface area (Å²) in [6.45, 7) is 6.64. The second kappa shape index (κ2) is 6.54. The number of nitrogens with zero attached hydrogens (tertiary/aromatic N) is 6. The van der Waals surface area contributed by atoms with Crippen LogP contribution in [0.15, 0.2) is 42.6 Å². The van der Waals surface area contributed by atoms with Crippen LogP contribution in [0.3, 0.4) is 0 Å². The van der Waals surface area contributed by atoms with Gasteiger partial charge in [0, 0.05) is 50.6 Å². The van der Waals surface area contributed by atoms with E-state index >= 15 is 0 Å². The highest BCUT2D eigenvalue weighted by Crippen LogP contribution is 2.20. The molecule has 6 nitrogen and oxygen atoms in total. The van der Waals surface area contributed by atoms with E-state index in [1.165, 1.54) is 0 Å². The fourth-order valence-electron chi connectivity index (χ4n) is 3.39. The van der Waals surface area contributed by atoms with Gasteiger partial charge in [0.2, 0.25) is 0 Å². The highest BCUT2D eigenvalue weighted by Gasteiger charge is 2.20. The summed E-state index contributed by atoms with van der Waals surface area (Å²) in [5.74, 6) is 1.10. The molecule has 0 N–H and O–H groups in total. The van der Waals surface area contributed by atoms with Gasteiger partial charge < -0.3 is 4.90 Å². The molecule has 25 heavy (non-hydrogen) atoms. The SMILES string of the molecule is Cc1cc(N2CCN(Cc3ccccc3C#N)CC2)n2nccc2n1. The van der Waals surface area contributed by atoms with Crippen molar-refractivity contribution in [3.63, 3.8) is 0 Å². The Hall–Kier alpha value is -2.91. The second-order valence-electron chi connectivity index (χ2n) is 6.39. The molecule has 0 amide bonds. The molecule has 126 valence electrons. The lowest BCUT2D eigenvalue weighted by atomic mass is 10.1. The van der Waals surface area contributed by atoms with Gasteiger partial charge in [-0.25, -0.2) is 4.98 Å². The van der Waals surface area contributed by atoms with E-state index in [0.29, 0.717) is 0 Å². The van der Waals surface area contributed by atoms with Gasteiger partial charge in [-0.3, -0.25) is 4.90 Å². The van der Waals surface area contributed by atoms with E-state index in [-0.39, 0.29) is 0 Å². The summed E-state index contributed by atoms with van der Waals surface area (Å²) in [6, 6.07) is 14.2. The normalized spacial score (nSPS) is 15.4. The highest BCUT2D eigenvalue weighted by atomic mass is 15.4. The third-order valence-corrected chi connectivity index (χ3v) is 4.70. The van der Waals surface area contributed by atoms with E-state index < -0.39 is 0 Å². The second-order valence-corrected chi connectivity index (χ2v) is 6.39. The number of hydrogen-bond acceptors (Lipinski definition) is 5. The molecule has 1 fully saturated rings. The van der Waals surface area contributed by atoms with E-state index in [4.69, 9.17) is 0 Å². The Labute approximate surface area is 146 Å². The third-order valence-electron chi connectivity index (χ3n) is 4.70. The Morgan fingerprint density at radius 1 is 1.12 bits per heavy atom. The first-order chi connectivity index (χ1) is 12.2. The van der Waals surface area contributed by atoms with Crippen LogP contribution in [0.25, 0.3) is 5.65 Å². The lowest BCUT2D eigenvalue weighted by Gasteiger charge is -2.36. The molecule has 0 bridgehead atoms. The zero-order valence-corrected chi connectivity index (χ0v) is 14.3. The molecule has 0 atom stereocenters. The van der Waals surface area contributed by atoms with Crippen molar-refractivity contribution < 1.29 is 0 Å². The van der Waals surface area contributed by atoms with Crippen molar-refractivity contribution in [1.29, 1.82) is 5.26 Å². The van der Waals surface area contributed by atoms with Crippen LogP contribution < -0.4 is 4.90 Å². The Bertz CT molecular complexity index is 930. The average Bonchev–Trinajstić information content (AvgIpc) is 3.10. The topological polar surface area (TPSA) is 60.5 Å². The number of aromatic nitrogens is 3. The van der Waals surface area contributed by atoms with E-state index in [9.17, 15) is 5.26 Å². The number of fused-ring (bicyclic) bond motifs is 1. The van der Waals surface area contributed by atoms with Crippen LogP contribution in [0.5, 0.6) is 0 Å². The van der Waals surface area contributed by atoms with Crippen LogP contribution >= 0.6 is 0 Å². The molecule has 0 spiro atoms. The van der Waals surface area contributed by atoms with E-state index in [0.717, 1.165) is 61.0 Å². The van der Waals surface area contributed by atoms with Crippen molar-refractivity contribution in [3.05, 3.63) is 59.4 Å². The minimum atomic E-state index is 0.771. The van der Waals surface area contributed by atoms with Crippen molar-refractivity contribution in [2.24, 2.45) is 0 Å². The number of piperazine rings is 1. The van der Waals surface area contributed by atoms with Gasteiger partial charge in [-0.1, -0.05) is 18.2 Å². The molecule has 3 heterocycles. The van der Waals surface area contributed by atoms with Crippen molar-refractivity contribution in [1.82, 2.24) is 19.5 Å². The molecule has 2 aromatic heterocycles. The minimum Gasteiger partial charge on any atom is -0.354 e. The van der Waals surface area contributed by atoms with Crippen molar-refractivity contribution in [2.75, 3.05) is 31.1 Å². The van der Waals surface area contributed by atoms with Crippen molar-refractivity contribution in [3.8, 4) is 6.07 Å². The van der Waals surface area contributed by atoms with Crippen molar-refractivity contribution >= 4 is 11.5 Å². The first-order valence-corrected chi connectivity index (χ1v) is 8.51. The molecule has 3 aromatic rings. The van der Waals surface area contributed by atoms with Gasteiger partial charge in [0.25, 0.3) is 0 Å². The summed E-state index contributed by atoms with van der Waals surface area (Å²) in [5, 5.41) is 13.7. The number of rotatable bonds is 3. The molecule has 0 saturated carbocycles. The molecule has 1 aliphatic heterocycles. The Morgan fingerprint density at radius 2 is 1.92 bits per heavy atom. The van der Waals surface area contributed by atoms with Gasteiger partial charge in [-0.2, -0.15) is 14.9 Å². The fourth-order valence-corrected chi connectivity index (χ4v) is 3.39. The number of nitriles is 1. The van der Waals surface area contributed by atoms with Crippen LogP contribution in [0, 0.1) is 18.3 Å². The van der Waals surface area contributed by atoms with Crippen LogP contribution in [0.4, 0.5) is 5.82 Å². The van der Waals surface area contributed by atoms with Gasteiger partial charge in [-0.15, -0.1) is 0 Å². The monoisotopic (exact) mass is 332 g/mol. The number of hydrogen-bond donors (Lipinski definition) is 0. The lowest BCUT2D eigenvalue weighted by Crippen LogP contribution is -2.46. The summed E-state index contributed by atoms with van der Waals surface area (Å²) in [4.78, 5) is 9.28. The van der Waals surface area contributed by atoms with Crippen LogP contribution in [-0.2, 0) is 6.54 Å². The molecular weight excluding hydrogens is 312 g/mol. The predicted octanol–water partition coefficient (Wildman–Crippen LogP) is 2.23. The first kappa shape index (κ1) is 15.6. The molecule has 0 aliphatic carbocycles. The van der Waals surface area contributed by atoms with Gasteiger partial charge >= 0.3 is 0 Å². The fraction of sp³-hybridized carbons (Fsp3) is 0.316. The van der Waals surface area contributed by atoms with Gasteiger partial charge in [-0.05, 0) is 18.6 Å². The van der Waals surface area contributed by atoms with Gasteiger partial charge in [0.1, 0.15) is 5.82 Å². The standard InChI is InChI=1S/C19H20N6/c1-15-12-19(25-18(22-15)6-7-21-25)24-10-8-23(9-11-24)14-17-5-3-2-4-16(17)13-20/h2-7,12H,8-11,14H2,1H3. The predicted molar refractivity (Wildman–Crippen MR) is 96.4 cm³/mol. The molecule has 1 saturated heterocycles. The third kappa shape index (κ3) is 3.06. The van der Waals surface area contributed by atoms with E-state index in [2.05, 4.69) is 32.0 Å². The van der Waals surface area contributed by atoms with Crippen molar-refractivity contribution in [2.45, 2.75) is 13.5 Å². The summed E-state index contributed by atoms with van der Waals surface area (Å²) in [5.41, 5.74) is 3.77. The largest absolute Gasteiger partial charge is 0.354 e. The highest BCUT2D eigenvalue weighted by molar-refractivity contribution is 5.51. The number of anilines is 1. The molecular formula is C19H20N6. The zero-order chi connectivity index (χ0) is 17.2. The van der Waals surface area contributed by atoms with E-state index in [1.807, 2.05) is 41.8 Å². The maximum Gasteiger partial charge on any atom is 0.157 e. The molecule has 4 rings (SSSR count). The number of benzene rings is 1. The lowest BCUT2D eigenvalue weighted by molar-refractivity contribution is 0.249. The molecule has 0 unspecified atom stereocenters. The van der Waals surface area contributed by atoms with E-state index in [1.54, 1.807) is 6.20 Å². The van der Waals surface area contributed by atoms with Gasteiger partial charge in [0.05, 0.1) is 17.8 Å². The van der Waals surface area contributed by atoms with Crippen LogP contribution in [0.2, 0.25) is 0 Å².